The van der Waals surface area contributed by atoms with Gasteiger partial charge in [0.15, 0.2) is 11.5 Å². The molecule has 0 bridgehead atoms. The standard InChI is InChI=1S/C25H30N2O6/c1-15(28)26-19-7-5-16-13-22(30-2)24(31-3)25(32-4)23(16)17-6-8-20(21(29)14-18(17)19)27-9-11-33-12-10-27/h6,8,13-14,19H,5,7,9-12H2,1-4H3,(H,26,28)/t19-/m0/s1. The Bertz CT molecular complexity index is 1110. The summed E-state index contributed by atoms with van der Waals surface area (Å²) in [5.74, 6) is 1.46. The van der Waals surface area contributed by atoms with E-state index in [1.807, 2.05) is 23.1 Å². The molecule has 2 aromatic carbocycles. The first-order valence-electron chi connectivity index (χ1n) is 11.1. The Kier molecular flexibility index (Phi) is 6.74. The van der Waals surface area contributed by atoms with Crippen LogP contribution in [-0.2, 0) is 16.0 Å². The predicted octanol–water partition coefficient (Wildman–Crippen LogP) is 2.70. The summed E-state index contributed by atoms with van der Waals surface area (Å²) in [5, 5.41) is 3.03. The van der Waals surface area contributed by atoms with Crippen molar-refractivity contribution in [3.63, 3.8) is 0 Å². The fourth-order valence-corrected chi connectivity index (χ4v) is 4.76. The van der Waals surface area contributed by atoms with Crippen LogP contribution in [0.4, 0.5) is 5.69 Å². The third-order valence-corrected chi connectivity index (χ3v) is 6.25. The zero-order valence-electron chi connectivity index (χ0n) is 19.5. The van der Waals surface area contributed by atoms with Crippen molar-refractivity contribution >= 4 is 11.6 Å². The first-order valence-corrected chi connectivity index (χ1v) is 11.1. The van der Waals surface area contributed by atoms with Gasteiger partial charge in [0.25, 0.3) is 0 Å². The highest BCUT2D eigenvalue weighted by Gasteiger charge is 2.29. The first kappa shape index (κ1) is 22.9. The lowest BCUT2D eigenvalue weighted by Gasteiger charge is -2.27. The van der Waals surface area contributed by atoms with E-state index in [9.17, 15) is 9.59 Å². The molecule has 1 fully saturated rings. The van der Waals surface area contributed by atoms with Gasteiger partial charge in [-0.15, -0.1) is 0 Å². The Morgan fingerprint density at radius 2 is 1.79 bits per heavy atom. The minimum absolute atomic E-state index is 0.0867. The molecule has 1 atom stereocenters. The number of rotatable bonds is 5. The molecule has 1 N–H and O–H groups in total. The summed E-state index contributed by atoms with van der Waals surface area (Å²) in [6, 6.07) is 7.11. The fourth-order valence-electron chi connectivity index (χ4n) is 4.76. The molecule has 1 saturated heterocycles. The molecule has 2 aliphatic rings. The molecular weight excluding hydrogens is 424 g/mol. The second kappa shape index (κ2) is 9.70. The lowest BCUT2D eigenvalue weighted by molar-refractivity contribution is -0.119. The number of anilines is 1. The zero-order valence-corrected chi connectivity index (χ0v) is 19.5. The van der Waals surface area contributed by atoms with Crippen LogP contribution >= 0.6 is 0 Å². The molecule has 1 heterocycles. The van der Waals surface area contributed by atoms with E-state index < -0.39 is 0 Å². The van der Waals surface area contributed by atoms with E-state index >= 15 is 0 Å². The summed E-state index contributed by atoms with van der Waals surface area (Å²) in [5.41, 5.74) is 3.98. The van der Waals surface area contributed by atoms with Crippen molar-refractivity contribution < 1.29 is 23.7 Å². The molecule has 2 aromatic rings. The van der Waals surface area contributed by atoms with Crippen molar-refractivity contribution in [1.29, 1.82) is 0 Å². The van der Waals surface area contributed by atoms with Crippen LogP contribution in [0, 0.1) is 0 Å². The molecule has 0 radical (unpaired) electrons. The molecule has 0 aromatic heterocycles. The van der Waals surface area contributed by atoms with Crippen molar-refractivity contribution in [1.82, 2.24) is 5.32 Å². The van der Waals surface area contributed by atoms with Crippen LogP contribution in [0.3, 0.4) is 0 Å². The Hall–Kier alpha value is -3.26. The number of carbonyl (C=O) groups excluding carboxylic acids is 1. The second-order valence-corrected chi connectivity index (χ2v) is 8.17. The van der Waals surface area contributed by atoms with Gasteiger partial charge in [-0.3, -0.25) is 9.59 Å². The van der Waals surface area contributed by atoms with Crippen LogP contribution in [0.2, 0.25) is 0 Å². The molecule has 1 amide bonds. The number of carbonyl (C=O) groups is 1. The summed E-state index contributed by atoms with van der Waals surface area (Å²) < 4.78 is 22.5. The minimum atomic E-state index is -0.316. The van der Waals surface area contributed by atoms with Gasteiger partial charge < -0.3 is 29.2 Å². The number of nitrogens with zero attached hydrogens (tertiary/aromatic N) is 1. The van der Waals surface area contributed by atoms with E-state index in [1.54, 1.807) is 27.4 Å². The highest BCUT2D eigenvalue weighted by atomic mass is 16.5. The van der Waals surface area contributed by atoms with Crippen LogP contribution in [0.5, 0.6) is 17.2 Å². The monoisotopic (exact) mass is 454 g/mol. The van der Waals surface area contributed by atoms with E-state index in [0.717, 1.165) is 22.3 Å². The van der Waals surface area contributed by atoms with Crippen LogP contribution in [-0.4, -0.2) is 53.5 Å². The third-order valence-electron chi connectivity index (χ3n) is 6.25. The molecule has 4 rings (SSSR count). The number of morpholine rings is 1. The fraction of sp³-hybridized carbons (Fsp3) is 0.440. The molecule has 8 nitrogen and oxygen atoms in total. The first-order chi connectivity index (χ1) is 16.0. The van der Waals surface area contributed by atoms with Gasteiger partial charge in [-0.25, -0.2) is 0 Å². The lowest BCUT2D eigenvalue weighted by Crippen LogP contribution is -2.38. The Balaban J connectivity index is 2.00. The summed E-state index contributed by atoms with van der Waals surface area (Å²) in [6.07, 6.45) is 1.30. The zero-order chi connectivity index (χ0) is 23.5. The van der Waals surface area contributed by atoms with Gasteiger partial charge in [-0.05, 0) is 47.7 Å². The van der Waals surface area contributed by atoms with Crippen molar-refractivity contribution in [2.45, 2.75) is 25.8 Å². The van der Waals surface area contributed by atoms with Crippen molar-refractivity contribution in [2.75, 3.05) is 52.5 Å². The van der Waals surface area contributed by atoms with Gasteiger partial charge in [0, 0.05) is 25.6 Å². The topological polar surface area (TPSA) is 86.3 Å². The van der Waals surface area contributed by atoms with Crippen molar-refractivity contribution in [3.05, 3.63) is 45.6 Å². The van der Waals surface area contributed by atoms with E-state index in [2.05, 4.69) is 5.32 Å². The molecule has 176 valence electrons. The van der Waals surface area contributed by atoms with Gasteiger partial charge in [0.2, 0.25) is 17.1 Å². The summed E-state index contributed by atoms with van der Waals surface area (Å²) in [4.78, 5) is 27.4. The Morgan fingerprint density at radius 3 is 2.42 bits per heavy atom. The molecular formula is C25H30N2O6. The van der Waals surface area contributed by atoms with E-state index in [0.29, 0.717) is 62.1 Å². The van der Waals surface area contributed by atoms with Gasteiger partial charge >= 0.3 is 0 Å². The number of benzene rings is 1. The molecule has 8 heteroatoms. The average molecular weight is 455 g/mol. The molecule has 1 aliphatic carbocycles. The number of amides is 1. The van der Waals surface area contributed by atoms with Crippen molar-refractivity contribution in [2.24, 2.45) is 0 Å². The maximum atomic E-state index is 13.4. The maximum Gasteiger partial charge on any atom is 0.217 e. The predicted molar refractivity (Wildman–Crippen MR) is 126 cm³/mol. The van der Waals surface area contributed by atoms with E-state index in [-0.39, 0.29) is 17.4 Å². The summed E-state index contributed by atoms with van der Waals surface area (Å²) in [7, 11) is 4.75. The quantitative estimate of drug-likeness (QED) is 0.743. The van der Waals surface area contributed by atoms with Gasteiger partial charge in [-0.1, -0.05) is 6.07 Å². The van der Waals surface area contributed by atoms with Crippen LogP contribution in [0.1, 0.15) is 30.5 Å². The largest absolute Gasteiger partial charge is 0.493 e. The van der Waals surface area contributed by atoms with Gasteiger partial charge in [0.1, 0.15) is 0 Å². The normalized spacial score (nSPS) is 17.3. The Morgan fingerprint density at radius 1 is 1.06 bits per heavy atom. The number of fused-ring (bicyclic) bond motifs is 3. The minimum Gasteiger partial charge on any atom is -0.493 e. The average Bonchev–Trinajstić information content (AvgIpc) is 3.07. The highest BCUT2D eigenvalue weighted by Crippen LogP contribution is 2.50. The summed E-state index contributed by atoms with van der Waals surface area (Å²) >= 11 is 0. The molecule has 0 saturated carbocycles. The molecule has 1 aliphatic heterocycles. The van der Waals surface area contributed by atoms with Gasteiger partial charge in [0.05, 0.1) is 46.3 Å². The maximum absolute atomic E-state index is 13.4. The number of hydrogen-bond donors (Lipinski definition) is 1. The number of hydrogen-bond acceptors (Lipinski definition) is 7. The van der Waals surface area contributed by atoms with Crippen LogP contribution in [0.15, 0.2) is 29.1 Å². The summed E-state index contributed by atoms with van der Waals surface area (Å²) in [6.45, 7) is 3.97. The Labute approximate surface area is 193 Å². The number of nitrogens with one attached hydrogen (secondary N) is 1. The lowest BCUT2D eigenvalue weighted by atomic mass is 9.95. The highest BCUT2D eigenvalue weighted by molar-refractivity contribution is 5.83. The van der Waals surface area contributed by atoms with Crippen LogP contribution in [0.25, 0.3) is 11.1 Å². The smallest absolute Gasteiger partial charge is 0.217 e. The number of aryl methyl sites for hydroxylation is 1. The van der Waals surface area contributed by atoms with Crippen molar-refractivity contribution in [3.8, 4) is 28.4 Å². The SMILES string of the molecule is COc1cc2c(c(OC)c1OC)-c1ccc(N3CCOCC3)c(=O)cc1[C@@H](NC(C)=O)CC2. The molecule has 0 unspecified atom stereocenters. The molecule has 0 spiro atoms. The van der Waals surface area contributed by atoms with Gasteiger partial charge in [-0.2, -0.15) is 0 Å². The second-order valence-electron chi connectivity index (χ2n) is 8.17. The number of ether oxygens (including phenoxy) is 4. The third kappa shape index (κ3) is 4.35. The van der Waals surface area contributed by atoms with Crippen LogP contribution < -0.4 is 29.9 Å². The van der Waals surface area contributed by atoms with E-state index in [4.69, 9.17) is 18.9 Å². The number of methoxy groups -OCH3 is 3. The molecule has 33 heavy (non-hydrogen) atoms. The van der Waals surface area contributed by atoms with E-state index in [1.165, 1.54) is 6.92 Å².